The molecule has 96 valence electrons. The zero-order chi connectivity index (χ0) is 13.3. The molecule has 0 fully saturated rings. The molecule has 1 aromatic carbocycles. The first kappa shape index (κ1) is 13.8. The van der Waals surface area contributed by atoms with Crippen LogP contribution >= 0.6 is 0 Å². The van der Waals surface area contributed by atoms with Crippen molar-refractivity contribution in [2.75, 3.05) is 7.11 Å². The molecule has 2 N–H and O–H groups in total. The number of methoxy groups -OCH3 is 1. The molecule has 0 heterocycles. The van der Waals surface area contributed by atoms with Crippen molar-refractivity contribution in [3.63, 3.8) is 0 Å². The average Bonchev–Trinajstić information content (AvgIpc) is 2.14. The van der Waals surface area contributed by atoms with Crippen molar-refractivity contribution in [3.8, 4) is 5.75 Å². The number of rotatable bonds is 3. The van der Waals surface area contributed by atoms with Crippen molar-refractivity contribution < 1.29 is 17.9 Å². The van der Waals surface area contributed by atoms with Gasteiger partial charge in [-0.15, -0.1) is 0 Å². The van der Waals surface area contributed by atoms with Gasteiger partial charge in [-0.1, -0.05) is 6.07 Å². The molecule has 0 radical (unpaired) electrons. The molecular formula is C12H16F3NO. The highest BCUT2D eigenvalue weighted by Crippen LogP contribution is 2.35. The van der Waals surface area contributed by atoms with Crippen LogP contribution in [-0.2, 0) is 12.6 Å². The summed E-state index contributed by atoms with van der Waals surface area (Å²) in [6.07, 6.45) is -4.24. The number of hydrogen-bond donors (Lipinski definition) is 1. The topological polar surface area (TPSA) is 35.2 Å². The fraction of sp³-hybridized carbons (Fsp3) is 0.500. The van der Waals surface area contributed by atoms with E-state index in [-0.39, 0.29) is 17.7 Å². The van der Waals surface area contributed by atoms with Gasteiger partial charge in [-0.2, -0.15) is 13.2 Å². The van der Waals surface area contributed by atoms with E-state index < -0.39 is 17.3 Å². The molecule has 0 aliphatic carbocycles. The van der Waals surface area contributed by atoms with Crippen LogP contribution in [0.15, 0.2) is 18.2 Å². The number of benzene rings is 1. The zero-order valence-electron chi connectivity index (χ0n) is 10.1. The Morgan fingerprint density at radius 1 is 1.24 bits per heavy atom. The van der Waals surface area contributed by atoms with Gasteiger partial charge in [0.1, 0.15) is 5.75 Å². The second kappa shape index (κ2) is 4.56. The van der Waals surface area contributed by atoms with Crippen molar-refractivity contribution in [2.24, 2.45) is 5.73 Å². The molecule has 0 saturated heterocycles. The fourth-order valence-corrected chi connectivity index (χ4v) is 1.59. The maximum atomic E-state index is 12.8. The summed E-state index contributed by atoms with van der Waals surface area (Å²) in [7, 11) is 1.34. The normalized spacial score (nSPS) is 12.6. The van der Waals surface area contributed by atoms with Gasteiger partial charge in [-0.05, 0) is 38.0 Å². The molecule has 17 heavy (non-hydrogen) atoms. The van der Waals surface area contributed by atoms with Crippen LogP contribution in [0.25, 0.3) is 0 Å². The minimum atomic E-state index is -4.39. The van der Waals surface area contributed by atoms with Gasteiger partial charge in [-0.3, -0.25) is 0 Å². The van der Waals surface area contributed by atoms with Crippen LogP contribution in [0, 0.1) is 0 Å². The summed E-state index contributed by atoms with van der Waals surface area (Å²) in [5.41, 5.74) is 4.57. The lowest BCUT2D eigenvalue weighted by Gasteiger charge is -2.22. The third kappa shape index (κ3) is 3.93. The zero-order valence-corrected chi connectivity index (χ0v) is 10.1. The molecule has 2 nitrogen and oxygen atoms in total. The highest BCUT2D eigenvalue weighted by molar-refractivity contribution is 5.38. The Morgan fingerprint density at radius 2 is 1.82 bits per heavy atom. The molecule has 0 amide bonds. The molecule has 1 aromatic rings. The van der Waals surface area contributed by atoms with E-state index in [2.05, 4.69) is 0 Å². The summed E-state index contributed by atoms with van der Waals surface area (Å²) in [6.45, 7) is 3.38. The Hall–Kier alpha value is -1.23. The Labute approximate surface area is 98.6 Å². The maximum Gasteiger partial charge on any atom is 0.416 e. The smallest absolute Gasteiger partial charge is 0.416 e. The molecule has 0 aliphatic heterocycles. The van der Waals surface area contributed by atoms with Crippen LogP contribution in [0.5, 0.6) is 5.75 Å². The van der Waals surface area contributed by atoms with Crippen molar-refractivity contribution in [1.29, 1.82) is 0 Å². The van der Waals surface area contributed by atoms with Gasteiger partial charge in [0.25, 0.3) is 0 Å². The average molecular weight is 247 g/mol. The van der Waals surface area contributed by atoms with Gasteiger partial charge >= 0.3 is 6.18 Å². The fourth-order valence-electron chi connectivity index (χ4n) is 1.59. The molecule has 0 atom stereocenters. The monoisotopic (exact) mass is 247 g/mol. The van der Waals surface area contributed by atoms with E-state index in [1.807, 2.05) is 0 Å². The van der Waals surface area contributed by atoms with Crippen LogP contribution in [0.4, 0.5) is 13.2 Å². The van der Waals surface area contributed by atoms with Gasteiger partial charge in [0.15, 0.2) is 0 Å². The number of nitrogens with two attached hydrogens (primary N) is 1. The van der Waals surface area contributed by atoms with Crippen LogP contribution < -0.4 is 10.5 Å². The van der Waals surface area contributed by atoms with Crippen LogP contribution in [0.1, 0.15) is 25.0 Å². The predicted octanol–water partition coefficient (Wildman–Crippen LogP) is 2.99. The standard InChI is InChI=1S/C12H16F3NO/c1-11(2,16)7-8-4-5-9(17-3)6-10(8)12(13,14)15/h4-6H,7,16H2,1-3H3. The minimum absolute atomic E-state index is 0.159. The second-order valence-corrected chi connectivity index (χ2v) is 4.69. The summed E-state index contributed by atoms with van der Waals surface area (Å²) >= 11 is 0. The van der Waals surface area contributed by atoms with Gasteiger partial charge in [-0.25, -0.2) is 0 Å². The van der Waals surface area contributed by atoms with E-state index in [4.69, 9.17) is 10.5 Å². The minimum Gasteiger partial charge on any atom is -0.497 e. The van der Waals surface area contributed by atoms with Crippen molar-refractivity contribution in [1.82, 2.24) is 0 Å². The summed E-state index contributed by atoms with van der Waals surface area (Å²) in [5, 5.41) is 0. The summed E-state index contributed by atoms with van der Waals surface area (Å²) in [4.78, 5) is 0. The molecule has 5 heteroatoms. The number of hydrogen-bond acceptors (Lipinski definition) is 2. The molecule has 0 aromatic heterocycles. The second-order valence-electron chi connectivity index (χ2n) is 4.69. The van der Waals surface area contributed by atoms with Gasteiger partial charge < -0.3 is 10.5 Å². The Morgan fingerprint density at radius 3 is 2.24 bits per heavy atom. The SMILES string of the molecule is COc1ccc(CC(C)(C)N)c(C(F)(F)F)c1. The van der Waals surface area contributed by atoms with E-state index in [0.29, 0.717) is 0 Å². The third-order valence-corrected chi connectivity index (χ3v) is 2.27. The number of ether oxygens (including phenoxy) is 1. The first-order valence-corrected chi connectivity index (χ1v) is 5.16. The van der Waals surface area contributed by atoms with Crippen LogP contribution in [0.2, 0.25) is 0 Å². The lowest BCUT2D eigenvalue weighted by Crippen LogP contribution is -2.35. The Kier molecular flexibility index (Phi) is 3.71. The first-order chi connectivity index (χ1) is 7.63. The van der Waals surface area contributed by atoms with E-state index in [1.165, 1.54) is 19.2 Å². The lowest BCUT2D eigenvalue weighted by molar-refractivity contribution is -0.138. The number of alkyl halides is 3. The van der Waals surface area contributed by atoms with Crippen LogP contribution in [-0.4, -0.2) is 12.6 Å². The van der Waals surface area contributed by atoms with Crippen molar-refractivity contribution >= 4 is 0 Å². The van der Waals surface area contributed by atoms with Crippen molar-refractivity contribution in [2.45, 2.75) is 32.0 Å². The highest BCUT2D eigenvalue weighted by Gasteiger charge is 2.34. The molecule has 0 saturated carbocycles. The summed E-state index contributed by atoms with van der Waals surface area (Å²) < 4.78 is 43.3. The van der Waals surface area contributed by atoms with E-state index in [1.54, 1.807) is 13.8 Å². The van der Waals surface area contributed by atoms with E-state index in [0.717, 1.165) is 6.07 Å². The third-order valence-electron chi connectivity index (χ3n) is 2.27. The molecule has 0 unspecified atom stereocenters. The largest absolute Gasteiger partial charge is 0.497 e. The molecule has 0 bridgehead atoms. The van der Waals surface area contributed by atoms with E-state index in [9.17, 15) is 13.2 Å². The van der Waals surface area contributed by atoms with Gasteiger partial charge in [0, 0.05) is 5.54 Å². The molecule has 0 spiro atoms. The molecule has 0 aliphatic rings. The predicted molar refractivity (Wildman–Crippen MR) is 60.0 cm³/mol. The molecule has 1 rings (SSSR count). The molecular weight excluding hydrogens is 231 g/mol. The van der Waals surface area contributed by atoms with E-state index >= 15 is 0 Å². The van der Waals surface area contributed by atoms with Gasteiger partial charge in [0.2, 0.25) is 0 Å². The van der Waals surface area contributed by atoms with Crippen LogP contribution in [0.3, 0.4) is 0 Å². The number of halogens is 3. The van der Waals surface area contributed by atoms with Crippen molar-refractivity contribution in [3.05, 3.63) is 29.3 Å². The Balaban J connectivity index is 3.21. The first-order valence-electron chi connectivity index (χ1n) is 5.16. The lowest BCUT2D eigenvalue weighted by atomic mass is 9.92. The highest BCUT2D eigenvalue weighted by atomic mass is 19.4. The Bertz CT molecular complexity index is 394. The quantitative estimate of drug-likeness (QED) is 0.891. The summed E-state index contributed by atoms with van der Waals surface area (Å²) in [5.74, 6) is 0.191. The maximum absolute atomic E-state index is 12.8. The van der Waals surface area contributed by atoms with Gasteiger partial charge in [0.05, 0.1) is 12.7 Å². The summed E-state index contributed by atoms with van der Waals surface area (Å²) in [6, 6.07) is 3.92.